The number of imidazole rings is 1. The summed E-state index contributed by atoms with van der Waals surface area (Å²) in [5.74, 6) is -0.654. The van der Waals surface area contributed by atoms with Crippen LogP contribution in [0.15, 0.2) is 54.2 Å². The predicted octanol–water partition coefficient (Wildman–Crippen LogP) is 3.83. The number of hydrogen-bond acceptors (Lipinski definition) is 5. The minimum Gasteiger partial charge on any atom is -0.457 e. The molecule has 4 aromatic rings. The molecular weight excluding hydrogens is 386 g/mol. The zero-order valence-electron chi connectivity index (χ0n) is 16.3. The lowest BCUT2D eigenvalue weighted by atomic mass is 10.1. The van der Waals surface area contributed by atoms with Gasteiger partial charge in [-0.2, -0.15) is 0 Å². The van der Waals surface area contributed by atoms with Crippen LogP contribution in [0.25, 0.3) is 4.96 Å². The minimum atomic E-state index is -0.456. The number of fused-ring (bicyclic) bond motifs is 1. The van der Waals surface area contributed by atoms with Gasteiger partial charge in [-0.1, -0.05) is 30.3 Å². The number of carbonyl (C=O) groups is 2. The van der Waals surface area contributed by atoms with Gasteiger partial charge in [-0.15, -0.1) is 11.3 Å². The van der Waals surface area contributed by atoms with E-state index in [1.54, 1.807) is 6.20 Å². The Morgan fingerprint density at radius 2 is 1.97 bits per heavy atom. The molecule has 3 aromatic heterocycles. The van der Waals surface area contributed by atoms with Crippen molar-refractivity contribution in [2.24, 2.45) is 0 Å². The van der Waals surface area contributed by atoms with Crippen LogP contribution >= 0.6 is 11.3 Å². The number of carbonyl (C=O) groups excluding carboxylic acids is 2. The second-order valence-corrected chi connectivity index (χ2v) is 7.82. The van der Waals surface area contributed by atoms with Crippen molar-refractivity contribution in [2.45, 2.75) is 26.8 Å². The van der Waals surface area contributed by atoms with Crippen molar-refractivity contribution in [3.8, 4) is 0 Å². The highest BCUT2D eigenvalue weighted by Gasteiger charge is 2.18. The molecule has 0 aliphatic carbocycles. The summed E-state index contributed by atoms with van der Waals surface area (Å²) in [4.78, 5) is 29.9. The lowest BCUT2D eigenvalue weighted by Crippen LogP contribution is -2.16. The number of nitrogens with zero attached hydrogens (tertiary/aromatic N) is 3. The smallest absolute Gasteiger partial charge is 0.312 e. The number of benzene rings is 1. The van der Waals surface area contributed by atoms with E-state index in [0.717, 1.165) is 16.3 Å². The van der Waals surface area contributed by atoms with E-state index < -0.39 is 5.97 Å². The van der Waals surface area contributed by atoms with E-state index in [-0.39, 0.29) is 18.8 Å². The SMILES string of the molecule is Cc1cc(C(=O)COC(=O)Cc2cn3ccsc3n2)c(C)n1Cc1ccccc1. The van der Waals surface area contributed by atoms with E-state index in [9.17, 15) is 9.59 Å². The van der Waals surface area contributed by atoms with Gasteiger partial charge in [-0.05, 0) is 25.5 Å². The summed E-state index contributed by atoms with van der Waals surface area (Å²) in [7, 11) is 0. The standard InChI is InChI=1S/C22H21N3O3S/c1-15-10-19(16(2)25(15)12-17-6-4-3-5-7-17)20(26)14-28-21(27)11-18-13-24-8-9-29-22(24)23-18/h3-10,13H,11-12,14H2,1-2H3. The third-order valence-corrected chi connectivity index (χ3v) is 5.66. The van der Waals surface area contributed by atoms with Gasteiger partial charge in [0.05, 0.1) is 12.1 Å². The Morgan fingerprint density at radius 1 is 1.17 bits per heavy atom. The second-order valence-electron chi connectivity index (χ2n) is 6.94. The molecule has 1 aromatic carbocycles. The van der Waals surface area contributed by atoms with Gasteiger partial charge in [-0.25, -0.2) is 4.98 Å². The number of thiazole rings is 1. The van der Waals surface area contributed by atoms with Crippen LogP contribution in [0.4, 0.5) is 0 Å². The van der Waals surface area contributed by atoms with E-state index in [1.165, 1.54) is 16.9 Å². The summed E-state index contributed by atoms with van der Waals surface area (Å²) in [6.07, 6.45) is 3.73. The van der Waals surface area contributed by atoms with Crippen molar-refractivity contribution in [2.75, 3.05) is 6.61 Å². The Morgan fingerprint density at radius 3 is 2.72 bits per heavy atom. The van der Waals surface area contributed by atoms with Crippen LogP contribution in [-0.2, 0) is 22.5 Å². The number of esters is 1. The van der Waals surface area contributed by atoms with E-state index >= 15 is 0 Å². The summed E-state index contributed by atoms with van der Waals surface area (Å²) in [5.41, 5.74) is 4.27. The highest BCUT2D eigenvalue weighted by atomic mass is 32.1. The molecule has 0 aliphatic rings. The third kappa shape index (κ3) is 4.14. The maximum atomic E-state index is 12.6. The molecule has 29 heavy (non-hydrogen) atoms. The summed E-state index contributed by atoms with van der Waals surface area (Å²) >= 11 is 1.50. The number of rotatable bonds is 7. The highest BCUT2D eigenvalue weighted by molar-refractivity contribution is 7.15. The van der Waals surface area contributed by atoms with E-state index in [1.807, 2.05) is 54.1 Å². The molecule has 0 saturated carbocycles. The van der Waals surface area contributed by atoms with Crippen molar-refractivity contribution in [1.82, 2.24) is 14.0 Å². The van der Waals surface area contributed by atoms with Crippen LogP contribution in [0.5, 0.6) is 0 Å². The van der Waals surface area contributed by atoms with Crippen LogP contribution in [-0.4, -0.2) is 32.3 Å². The Labute approximate surface area is 172 Å². The molecule has 0 spiro atoms. The molecule has 0 atom stereocenters. The Hall–Kier alpha value is -3.19. The van der Waals surface area contributed by atoms with Crippen molar-refractivity contribution >= 4 is 28.1 Å². The third-order valence-electron chi connectivity index (χ3n) is 4.89. The predicted molar refractivity (Wildman–Crippen MR) is 112 cm³/mol. The van der Waals surface area contributed by atoms with Crippen LogP contribution in [0, 0.1) is 13.8 Å². The van der Waals surface area contributed by atoms with Crippen LogP contribution in [0.2, 0.25) is 0 Å². The summed E-state index contributed by atoms with van der Waals surface area (Å²) in [6.45, 7) is 4.33. The molecule has 0 amide bonds. The molecule has 7 heteroatoms. The average Bonchev–Trinajstić information content (AvgIpc) is 3.37. The van der Waals surface area contributed by atoms with E-state index in [0.29, 0.717) is 17.8 Å². The molecule has 0 N–H and O–H groups in total. The first-order valence-electron chi connectivity index (χ1n) is 9.32. The molecule has 0 aliphatic heterocycles. The van der Waals surface area contributed by atoms with Crippen LogP contribution in [0.1, 0.15) is 33.0 Å². The number of hydrogen-bond donors (Lipinski definition) is 0. The quantitative estimate of drug-likeness (QED) is 0.345. The zero-order chi connectivity index (χ0) is 20.4. The summed E-state index contributed by atoms with van der Waals surface area (Å²) in [6, 6.07) is 12.0. The molecule has 4 rings (SSSR count). The Bertz CT molecular complexity index is 1140. The normalized spacial score (nSPS) is 11.1. The van der Waals surface area contributed by atoms with Crippen molar-refractivity contribution in [3.63, 3.8) is 0 Å². The van der Waals surface area contributed by atoms with Crippen LogP contribution in [0.3, 0.4) is 0 Å². The van der Waals surface area contributed by atoms with Crippen LogP contribution < -0.4 is 0 Å². The summed E-state index contributed by atoms with van der Waals surface area (Å²) in [5, 5.41) is 1.93. The highest BCUT2D eigenvalue weighted by Crippen LogP contribution is 2.18. The number of aryl methyl sites for hydroxylation is 1. The van der Waals surface area contributed by atoms with Crippen molar-refractivity contribution < 1.29 is 14.3 Å². The molecule has 0 saturated heterocycles. The number of ether oxygens (including phenoxy) is 1. The van der Waals surface area contributed by atoms with Gasteiger partial charge in [0, 0.05) is 41.3 Å². The van der Waals surface area contributed by atoms with Crippen molar-refractivity contribution in [1.29, 1.82) is 0 Å². The molecule has 148 valence electrons. The number of aromatic nitrogens is 3. The number of ketones is 1. The zero-order valence-corrected chi connectivity index (χ0v) is 17.1. The van der Waals surface area contributed by atoms with Gasteiger partial charge >= 0.3 is 5.97 Å². The Kier molecular flexibility index (Phi) is 5.31. The molecule has 3 heterocycles. The monoisotopic (exact) mass is 407 g/mol. The molecule has 0 unspecified atom stereocenters. The molecular formula is C22H21N3O3S. The van der Waals surface area contributed by atoms with Crippen molar-refractivity contribution in [3.05, 3.63) is 82.4 Å². The molecule has 0 radical (unpaired) electrons. The molecule has 0 fully saturated rings. The largest absolute Gasteiger partial charge is 0.457 e. The summed E-state index contributed by atoms with van der Waals surface area (Å²) < 4.78 is 9.17. The molecule has 6 nitrogen and oxygen atoms in total. The molecule has 0 bridgehead atoms. The first-order valence-corrected chi connectivity index (χ1v) is 10.2. The first kappa shape index (κ1) is 19.1. The topological polar surface area (TPSA) is 65.6 Å². The fourth-order valence-corrected chi connectivity index (χ4v) is 4.10. The number of Topliss-reactive ketones (excluding diaryl/α,β-unsaturated/α-hetero) is 1. The van der Waals surface area contributed by atoms with E-state index in [2.05, 4.69) is 21.7 Å². The lowest BCUT2D eigenvalue weighted by Gasteiger charge is -2.10. The van der Waals surface area contributed by atoms with Gasteiger partial charge in [0.25, 0.3) is 0 Å². The van der Waals surface area contributed by atoms with Gasteiger partial charge in [0.15, 0.2) is 11.6 Å². The maximum absolute atomic E-state index is 12.6. The maximum Gasteiger partial charge on any atom is 0.312 e. The van der Waals surface area contributed by atoms with Gasteiger partial charge in [-0.3, -0.25) is 14.0 Å². The fraction of sp³-hybridized carbons (Fsp3) is 0.227. The van der Waals surface area contributed by atoms with Gasteiger partial charge < -0.3 is 9.30 Å². The minimum absolute atomic E-state index is 0.0503. The fourth-order valence-electron chi connectivity index (χ4n) is 3.38. The second kappa shape index (κ2) is 8.05. The van der Waals surface area contributed by atoms with E-state index in [4.69, 9.17) is 4.74 Å². The van der Waals surface area contributed by atoms with Gasteiger partial charge in [0.2, 0.25) is 5.78 Å². The first-order chi connectivity index (χ1) is 14.0. The Balaban J connectivity index is 1.38. The average molecular weight is 407 g/mol. The lowest BCUT2D eigenvalue weighted by molar-refractivity contribution is -0.141. The van der Waals surface area contributed by atoms with Gasteiger partial charge in [0.1, 0.15) is 0 Å².